The lowest BCUT2D eigenvalue weighted by molar-refractivity contribution is -0.137. The molecule has 2 saturated heterocycles. The summed E-state index contributed by atoms with van der Waals surface area (Å²) in [6.07, 6.45) is 7.98. The molecular weight excluding hydrogens is 660 g/mol. The van der Waals surface area contributed by atoms with E-state index in [1.807, 2.05) is 48.5 Å². The number of ether oxygens (including phenoxy) is 4. The van der Waals surface area contributed by atoms with Gasteiger partial charge in [0, 0.05) is 32.0 Å². The van der Waals surface area contributed by atoms with E-state index in [0.717, 1.165) is 43.2 Å². The van der Waals surface area contributed by atoms with Gasteiger partial charge in [-0.3, -0.25) is 9.59 Å². The van der Waals surface area contributed by atoms with Crippen molar-refractivity contribution in [3.8, 4) is 0 Å². The van der Waals surface area contributed by atoms with Gasteiger partial charge in [0.2, 0.25) is 11.8 Å². The molecule has 8 atom stereocenters. The molecular formula is C42H52N2O8. The van der Waals surface area contributed by atoms with Crippen molar-refractivity contribution in [2.45, 2.75) is 102 Å². The first-order valence-electron chi connectivity index (χ1n) is 18.8. The number of carbonyl (C=O) groups is 3. The second-order valence-corrected chi connectivity index (χ2v) is 16.1. The third-order valence-corrected chi connectivity index (χ3v) is 12.2. The van der Waals surface area contributed by atoms with Crippen LogP contribution in [0.2, 0.25) is 0 Å². The molecule has 2 aromatic rings. The lowest BCUT2D eigenvalue weighted by Crippen LogP contribution is -2.51. The van der Waals surface area contributed by atoms with Crippen LogP contribution in [0.25, 0.3) is 6.08 Å². The molecule has 5 aliphatic rings. The fraction of sp³-hybridized carbons (Fsp3) is 0.548. The van der Waals surface area contributed by atoms with Gasteiger partial charge in [-0.25, -0.2) is 4.79 Å². The lowest BCUT2D eigenvalue weighted by Gasteiger charge is -2.53. The molecule has 52 heavy (non-hydrogen) atoms. The average Bonchev–Trinajstić information content (AvgIpc) is 3.51. The van der Waals surface area contributed by atoms with Crippen LogP contribution in [0.5, 0.6) is 0 Å². The zero-order valence-electron chi connectivity index (χ0n) is 30.7. The lowest BCUT2D eigenvalue weighted by atomic mass is 9.52. The number of nitrogens with zero attached hydrogens (tertiary/aromatic N) is 1. The molecule has 0 spiro atoms. The van der Waals surface area contributed by atoms with E-state index in [1.165, 1.54) is 10.5 Å². The fourth-order valence-corrected chi connectivity index (χ4v) is 9.04. The zero-order chi connectivity index (χ0) is 36.6. The Morgan fingerprint density at radius 2 is 1.83 bits per heavy atom. The molecule has 3 aliphatic carbocycles. The number of rotatable bonds is 10. The van der Waals surface area contributed by atoms with Crippen LogP contribution in [-0.4, -0.2) is 90.8 Å². The zero-order valence-corrected chi connectivity index (χ0v) is 30.7. The number of aliphatic hydroxyl groups excluding tert-OH is 1. The number of fused-ring (bicyclic) bond motifs is 3. The monoisotopic (exact) mass is 712 g/mol. The van der Waals surface area contributed by atoms with Gasteiger partial charge in [0.15, 0.2) is 0 Å². The van der Waals surface area contributed by atoms with Crippen LogP contribution in [0.1, 0.15) is 80.8 Å². The van der Waals surface area contributed by atoms with Crippen molar-refractivity contribution in [1.82, 2.24) is 10.2 Å². The molecule has 2 saturated carbocycles. The highest BCUT2D eigenvalue weighted by Crippen LogP contribution is 2.59. The van der Waals surface area contributed by atoms with E-state index in [2.05, 4.69) is 32.2 Å². The van der Waals surface area contributed by atoms with Crippen molar-refractivity contribution in [2.75, 3.05) is 27.0 Å². The summed E-state index contributed by atoms with van der Waals surface area (Å²) in [4.78, 5) is 42.8. The SMILES string of the molecule is CN(C(=O)C1=CC2OCOC2C(OC(=O)c2ccccc2C=C2CCC3OC3(C)CCC3C2CC3(C)C)C1)C(Cc1ccccc1)C(=O)NCCO. The summed E-state index contributed by atoms with van der Waals surface area (Å²) in [5.74, 6) is -0.159. The largest absolute Gasteiger partial charge is 0.456 e. The topological polar surface area (TPSA) is 127 Å². The Hall–Kier alpha value is -3.83. The molecule has 2 N–H and O–H groups in total. The molecule has 2 aromatic carbocycles. The van der Waals surface area contributed by atoms with E-state index in [4.69, 9.17) is 18.9 Å². The van der Waals surface area contributed by atoms with E-state index in [-0.39, 0.29) is 61.7 Å². The van der Waals surface area contributed by atoms with Crippen LogP contribution in [-0.2, 0) is 35.0 Å². The third-order valence-electron chi connectivity index (χ3n) is 12.2. The quantitative estimate of drug-likeness (QED) is 0.253. The maximum atomic E-state index is 14.1. The maximum Gasteiger partial charge on any atom is 0.339 e. The van der Waals surface area contributed by atoms with Crippen molar-refractivity contribution in [3.05, 3.63) is 88.5 Å². The number of hydrogen-bond donors (Lipinski definition) is 2. The van der Waals surface area contributed by atoms with Crippen LogP contribution >= 0.6 is 0 Å². The molecule has 7 rings (SSSR count). The van der Waals surface area contributed by atoms with E-state index in [9.17, 15) is 19.5 Å². The summed E-state index contributed by atoms with van der Waals surface area (Å²) in [5.41, 5.74) is 4.21. The van der Waals surface area contributed by atoms with Gasteiger partial charge >= 0.3 is 5.97 Å². The van der Waals surface area contributed by atoms with Gasteiger partial charge in [-0.2, -0.15) is 0 Å². The summed E-state index contributed by atoms with van der Waals surface area (Å²) in [7, 11) is 1.60. The Bertz CT molecular complexity index is 1720. The van der Waals surface area contributed by atoms with E-state index in [1.54, 1.807) is 19.2 Å². The summed E-state index contributed by atoms with van der Waals surface area (Å²) in [6.45, 7) is 6.87. The molecule has 0 bridgehead atoms. The highest BCUT2D eigenvalue weighted by atomic mass is 16.7. The van der Waals surface area contributed by atoms with Crippen LogP contribution in [0.4, 0.5) is 0 Å². The molecule has 4 fully saturated rings. The summed E-state index contributed by atoms with van der Waals surface area (Å²) in [5, 5.41) is 12.0. The number of likely N-dealkylation sites (N-methyl/N-ethyl adjacent to an activating group) is 1. The Morgan fingerprint density at radius 1 is 1.06 bits per heavy atom. The minimum atomic E-state index is -0.833. The number of carbonyl (C=O) groups excluding carboxylic acids is 3. The van der Waals surface area contributed by atoms with Crippen LogP contribution in [0.3, 0.4) is 0 Å². The van der Waals surface area contributed by atoms with Gasteiger partial charge in [0.25, 0.3) is 0 Å². The number of nitrogens with one attached hydrogen (secondary N) is 1. The average molecular weight is 713 g/mol. The number of allylic oxidation sites excluding steroid dienone is 1. The van der Waals surface area contributed by atoms with E-state index < -0.39 is 30.3 Å². The first-order valence-corrected chi connectivity index (χ1v) is 18.8. The molecule has 2 aliphatic heterocycles. The van der Waals surface area contributed by atoms with Gasteiger partial charge < -0.3 is 34.3 Å². The van der Waals surface area contributed by atoms with Crippen molar-refractivity contribution in [3.63, 3.8) is 0 Å². The highest BCUT2D eigenvalue weighted by molar-refractivity contribution is 5.98. The van der Waals surface area contributed by atoms with Crippen LogP contribution in [0.15, 0.2) is 71.8 Å². The minimum absolute atomic E-state index is 0.00408. The first kappa shape index (κ1) is 36.5. The van der Waals surface area contributed by atoms with Crippen molar-refractivity contribution in [2.24, 2.45) is 17.3 Å². The van der Waals surface area contributed by atoms with E-state index >= 15 is 0 Å². The predicted molar refractivity (Wildman–Crippen MR) is 195 cm³/mol. The minimum Gasteiger partial charge on any atom is -0.456 e. The van der Waals surface area contributed by atoms with Crippen LogP contribution in [0, 0.1) is 17.3 Å². The van der Waals surface area contributed by atoms with Gasteiger partial charge in [0.05, 0.1) is 23.9 Å². The third kappa shape index (κ3) is 7.49. The number of epoxide rings is 1. The van der Waals surface area contributed by atoms with Crippen molar-refractivity contribution in [1.29, 1.82) is 0 Å². The highest BCUT2D eigenvalue weighted by Gasteiger charge is 2.56. The molecule has 2 amide bonds. The second kappa shape index (κ2) is 14.9. The summed E-state index contributed by atoms with van der Waals surface area (Å²) < 4.78 is 24.1. The Balaban J connectivity index is 1.10. The fourth-order valence-electron chi connectivity index (χ4n) is 9.04. The molecule has 0 aromatic heterocycles. The molecule has 2 heterocycles. The summed E-state index contributed by atoms with van der Waals surface area (Å²) in [6, 6.07) is 16.2. The Labute approximate surface area is 306 Å². The smallest absolute Gasteiger partial charge is 0.339 e. The molecule has 10 nitrogen and oxygen atoms in total. The molecule has 278 valence electrons. The summed E-state index contributed by atoms with van der Waals surface area (Å²) >= 11 is 0. The van der Waals surface area contributed by atoms with Crippen LogP contribution < -0.4 is 5.32 Å². The first-order chi connectivity index (χ1) is 25.0. The molecule has 10 heteroatoms. The Kier molecular flexibility index (Phi) is 10.5. The maximum absolute atomic E-state index is 14.1. The Morgan fingerprint density at radius 3 is 2.60 bits per heavy atom. The normalized spacial score (nSPS) is 31.6. The standard InChI is InChI=1S/C42H52N2O8/c1-41(2)24-31-28(14-15-36-42(3,52-36)17-16-32(31)41)21-27-12-8-9-13-30(27)40(48)51-35-23-29(22-34-37(35)50-25-49-34)39(47)44(4)33(38(46)43-18-19-45)20-26-10-6-5-7-11-26/h5-13,21-22,31-37,45H,14-20,23-25H2,1-4H3,(H,43,46). The number of benzene rings is 2. The number of amides is 2. The van der Waals surface area contributed by atoms with Gasteiger partial charge in [0.1, 0.15) is 31.1 Å². The van der Waals surface area contributed by atoms with Crippen molar-refractivity contribution >= 4 is 23.9 Å². The molecule has 8 unspecified atom stereocenters. The van der Waals surface area contributed by atoms with Crippen molar-refractivity contribution < 1.29 is 38.4 Å². The molecule has 0 radical (unpaired) electrons. The number of aliphatic hydroxyl groups is 1. The number of esters is 1. The second-order valence-electron chi connectivity index (χ2n) is 16.1. The number of hydrogen-bond acceptors (Lipinski definition) is 8. The van der Waals surface area contributed by atoms with E-state index in [0.29, 0.717) is 23.0 Å². The van der Waals surface area contributed by atoms with Gasteiger partial charge in [-0.15, -0.1) is 0 Å². The predicted octanol–water partition coefficient (Wildman–Crippen LogP) is 5.24. The van der Waals surface area contributed by atoms with Gasteiger partial charge in [-0.05, 0) is 79.5 Å². The van der Waals surface area contributed by atoms with Gasteiger partial charge in [-0.1, -0.05) is 74.0 Å².